The molecular formula is C36H49Cl2SiZr. The van der Waals surface area contributed by atoms with Crippen molar-refractivity contribution in [3.05, 3.63) is 80.9 Å². The number of fused-ring (bicyclic) bond motifs is 2. The molecule has 2 atom stereocenters. The molecule has 0 amide bonds. The van der Waals surface area contributed by atoms with Crippen molar-refractivity contribution in [2.75, 3.05) is 0 Å². The first kappa shape index (κ1) is 29.7. The van der Waals surface area contributed by atoms with Gasteiger partial charge in [0.15, 0.2) is 0 Å². The molecule has 0 N–H and O–H groups in total. The number of hydrogen-bond donors (Lipinski definition) is 0. The number of halogens is 2. The molecule has 0 nitrogen and oxygen atoms in total. The number of rotatable bonds is 7. The third-order valence-corrected chi connectivity index (χ3v) is 63.7. The number of benzene rings is 2. The van der Waals surface area contributed by atoms with Crippen LogP contribution in [-0.4, -0.2) is 5.92 Å². The van der Waals surface area contributed by atoms with E-state index < -0.39 is 21.5 Å². The van der Waals surface area contributed by atoms with Crippen molar-refractivity contribution >= 4 is 35.1 Å². The van der Waals surface area contributed by atoms with Crippen LogP contribution in [0, 0.1) is 11.8 Å². The summed E-state index contributed by atoms with van der Waals surface area (Å²) in [5.74, 6) is 0.197. The molecule has 0 radical (unpaired) electrons. The molecular weight excluding hydrogens is 623 g/mol. The average Bonchev–Trinajstić information content (AvgIpc) is 3.48. The second-order valence-corrected chi connectivity index (χ2v) is 56.8. The van der Waals surface area contributed by atoms with Crippen molar-refractivity contribution in [1.29, 1.82) is 0 Å². The Hall–Kier alpha value is -0.400. The standard InChI is InChI=1S/2C17H21.C2H7Si.2ClH.Zr/c2*1-13-10-15-8-5-9-16(17(15)11-13)12-14-6-3-2-4-7-14;1-3-2;;;/h2*5,8-11,14H,2-4,6-7,12H2,1H3;3H,1-2H3;2*1H;/q;;;;;+2/p-2. The van der Waals surface area contributed by atoms with Gasteiger partial charge in [0.1, 0.15) is 0 Å². The maximum absolute atomic E-state index is 8.43. The zero-order valence-electron chi connectivity index (χ0n) is 25.2. The van der Waals surface area contributed by atoms with Gasteiger partial charge in [0, 0.05) is 0 Å². The van der Waals surface area contributed by atoms with E-state index in [9.17, 15) is 0 Å². The van der Waals surface area contributed by atoms with Crippen LogP contribution in [0.3, 0.4) is 0 Å². The topological polar surface area (TPSA) is 0 Å². The Kier molecular flexibility index (Phi) is 8.60. The van der Waals surface area contributed by atoms with E-state index in [0.29, 0.717) is 0 Å². The van der Waals surface area contributed by atoms with E-state index in [2.05, 4.69) is 75.5 Å². The summed E-state index contributed by atoms with van der Waals surface area (Å²) < 4.78 is 0.443. The van der Waals surface area contributed by atoms with Crippen LogP contribution in [0.4, 0.5) is 0 Å². The molecule has 40 heavy (non-hydrogen) atoms. The Bertz CT molecular complexity index is 1230. The van der Waals surface area contributed by atoms with Gasteiger partial charge in [0.05, 0.1) is 0 Å². The summed E-state index contributed by atoms with van der Waals surface area (Å²) in [5.41, 5.74) is 11.8. The zero-order valence-corrected chi connectivity index (χ0v) is 30.4. The maximum atomic E-state index is 8.43. The van der Waals surface area contributed by atoms with E-state index >= 15 is 0 Å². The minimum atomic E-state index is -4.53. The van der Waals surface area contributed by atoms with Crippen LogP contribution in [0.25, 0.3) is 12.2 Å². The molecule has 0 saturated heterocycles. The van der Waals surface area contributed by atoms with E-state index in [1.807, 2.05) is 0 Å². The van der Waals surface area contributed by atoms with Crippen LogP contribution >= 0.6 is 17.0 Å². The van der Waals surface area contributed by atoms with Crippen molar-refractivity contribution in [3.63, 3.8) is 0 Å². The minimum absolute atomic E-state index is 0.221. The molecule has 4 heteroatoms. The predicted octanol–water partition coefficient (Wildman–Crippen LogP) is 11.5. The van der Waals surface area contributed by atoms with E-state index in [-0.39, 0.29) is 7.25 Å². The molecule has 2 aromatic carbocycles. The van der Waals surface area contributed by atoms with Gasteiger partial charge in [-0.25, -0.2) is 0 Å². The molecule has 0 aromatic heterocycles. The first-order valence-electron chi connectivity index (χ1n) is 16.4. The van der Waals surface area contributed by atoms with Gasteiger partial charge in [0.25, 0.3) is 0 Å². The van der Waals surface area contributed by atoms with Crippen molar-refractivity contribution in [3.8, 4) is 0 Å². The summed E-state index contributed by atoms with van der Waals surface area (Å²) in [6.45, 7) is 9.63. The van der Waals surface area contributed by atoms with Crippen molar-refractivity contribution < 1.29 is 15.6 Å². The van der Waals surface area contributed by atoms with Gasteiger partial charge in [-0.1, -0.05) is 0 Å². The van der Waals surface area contributed by atoms with Crippen LogP contribution in [-0.2, 0) is 28.4 Å². The Morgan fingerprint density at radius 1 is 0.650 bits per heavy atom. The molecule has 4 aliphatic carbocycles. The van der Waals surface area contributed by atoms with Gasteiger partial charge in [-0.05, 0) is 0 Å². The molecule has 0 bridgehead atoms. The van der Waals surface area contributed by atoms with Crippen molar-refractivity contribution in [1.82, 2.24) is 0 Å². The van der Waals surface area contributed by atoms with Crippen LogP contribution in [0.2, 0.25) is 13.1 Å². The third-order valence-electron chi connectivity index (χ3n) is 11.4. The van der Waals surface area contributed by atoms with E-state index in [4.69, 9.17) is 17.0 Å². The second-order valence-electron chi connectivity index (χ2n) is 14.3. The van der Waals surface area contributed by atoms with Crippen LogP contribution in [0.1, 0.15) is 119 Å². The van der Waals surface area contributed by atoms with E-state index in [1.54, 1.807) is 0 Å². The Morgan fingerprint density at radius 3 is 1.43 bits per heavy atom. The molecule has 0 spiro atoms. The number of hydrogen-bond acceptors (Lipinski definition) is 0. The molecule has 4 aliphatic rings. The summed E-state index contributed by atoms with van der Waals surface area (Å²) >= 11 is -4.53. The monoisotopic (exact) mass is 669 g/mol. The quantitative estimate of drug-likeness (QED) is 0.257. The van der Waals surface area contributed by atoms with Gasteiger partial charge < -0.3 is 0 Å². The second kappa shape index (κ2) is 11.6. The molecule has 2 fully saturated rings. The first-order chi connectivity index (χ1) is 19.2. The summed E-state index contributed by atoms with van der Waals surface area (Å²) in [7, 11) is 16.9. The third kappa shape index (κ3) is 5.08. The Morgan fingerprint density at radius 2 is 1.05 bits per heavy atom. The Labute approximate surface area is 252 Å². The zero-order chi connectivity index (χ0) is 28.1. The van der Waals surface area contributed by atoms with Gasteiger partial charge in [-0.15, -0.1) is 0 Å². The fourth-order valence-electron chi connectivity index (χ4n) is 9.29. The molecule has 2 aromatic rings. The van der Waals surface area contributed by atoms with Crippen LogP contribution in [0.5, 0.6) is 0 Å². The van der Waals surface area contributed by atoms with Gasteiger partial charge in [-0.2, -0.15) is 0 Å². The summed E-state index contributed by atoms with van der Waals surface area (Å²) in [5, 5.41) is 0. The number of allylic oxidation sites excluding steroid dienone is 2. The molecule has 0 heterocycles. The normalized spacial score (nSPS) is 24.8. The van der Waals surface area contributed by atoms with Crippen molar-refractivity contribution in [2.45, 2.75) is 111 Å². The summed E-state index contributed by atoms with van der Waals surface area (Å²) in [6.07, 6.45) is 21.4. The van der Waals surface area contributed by atoms with Crippen molar-refractivity contribution in [2.24, 2.45) is 11.8 Å². The SMILES string of the molecule is CC1=Cc2c(CC3CCCCC3)cccc2[CH]1[Zr]([Cl])([Cl])([CH]1C(C)=Cc2c(CC3CCCCC3)cccc21)[SiH](C)C. The summed E-state index contributed by atoms with van der Waals surface area (Å²) in [6, 6.07) is 14.2. The molecule has 6 rings (SSSR count). The molecule has 2 saturated carbocycles. The molecule has 2 unspecified atom stereocenters. The molecule has 215 valence electrons. The molecule has 0 aliphatic heterocycles. The van der Waals surface area contributed by atoms with Gasteiger partial charge in [-0.3, -0.25) is 0 Å². The van der Waals surface area contributed by atoms with Crippen LogP contribution in [0.15, 0.2) is 47.5 Å². The van der Waals surface area contributed by atoms with Gasteiger partial charge in [0.2, 0.25) is 0 Å². The first-order valence-corrected chi connectivity index (χ1v) is 32.7. The fourth-order valence-corrected chi connectivity index (χ4v) is 42.2. The van der Waals surface area contributed by atoms with E-state index in [1.165, 1.54) is 122 Å². The summed E-state index contributed by atoms with van der Waals surface area (Å²) in [4.78, 5) is 0. The fraction of sp³-hybridized carbons (Fsp3) is 0.556. The van der Waals surface area contributed by atoms with E-state index in [0.717, 1.165) is 11.8 Å². The Balaban J connectivity index is 1.41. The van der Waals surface area contributed by atoms with Gasteiger partial charge >= 0.3 is 255 Å². The average molecular weight is 672 g/mol. The predicted molar refractivity (Wildman–Crippen MR) is 177 cm³/mol. The van der Waals surface area contributed by atoms with Crippen LogP contribution < -0.4 is 0 Å².